The molecule has 0 aliphatic heterocycles. The van der Waals surface area contributed by atoms with Crippen molar-refractivity contribution in [2.75, 3.05) is 39.6 Å². The van der Waals surface area contributed by atoms with Crippen LogP contribution in [0.5, 0.6) is 0 Å². The highest BCUT2D eigenvalue weighted by molar-refractivity contribution is 7.47. The van der Waals surface area contributed by atoms with E-state index in [0.717, 1.165) is 154 Å². The maximum absolute atomic E-state index is 13.0. The summed E-state index contributed by atoms with van der Waals surface area (Å²) in [6, 6.07) is 0. The molecule has 0 aliphatic carbocycles. The molecule has 0 spiro atoms. The van der Waals surface area contributed by atoms with Crippen LogP contribution < -0.4 is 0 Å². The summed E-state index contributed by atoms with van der Waals surface area (Å²) >= 11 is 0. The summed E-state index contributed by atoms with van der Waals surface area (Å²) in [7, 11) is -9.83. The molecule has 5 unspecified atom stereocenters. The predicted molar refractivity (Wildman–Crippen MR) is 426 cm³/mol. The maximum Gasteiger partial charge on any atom is 0.472 e. The van der Waals surface area contributed by atoms with Gasteiger partial charge in [-0.05, 0) is 148 Å². The van der Waals surface area contributed by atoms with Crippen LogP contribution in [0.2, 0.25) is 0 Å². The molecule has 0 saturated heterocycles. The van der Waals surface area contributed by atoms with Crippen LogP contribution in [0, 0.1) is 0 Å². The van der Waals surface area contributed by atoms with Crippen molar-refractivity contribution in [1.29, 1.82) is 0 Å². The third-order valence-electron chi connectivity index (χ3n) is 15.9. The molecule has 0 rings (SSSR count). The van der Waals surface area contributed by atoms with E-state index < -0.39 is 91.5 Å². The van der Waals surface area contributed by atoms with Crippen molar-refractivity contribution in [2.45, 2.75) is 309 Å². The molecule has 0 radical (unpaired) electrons. The van der Waals surface area contributed by atoms with Crippen LogP contribution in [0.3, 0.4) is 0 Å². The Balaban J connectivity index is 4.66. The molecule has 0 aromatic carbocycles. The number of allylic oxidation sites excluding steroid dienone is 28. The second-order valence-electron chi connectivity index (χ2n) is 25.7. The number of ether oxygens (including phenoxy) is 3. The summed E-state index contributed by atoms with van der Waals surface area (Å²) < 4.78 is 61.1. The number of aliphatic hydroxyl groups is 2. The van der Waals surface area contributed by atoms with Crippen LogP contribution in [0.15, 0.2) is 170 Å². The van der Waals surface area contributed by atoms with E-state index in [9.17, 15) is 43.5 Å². The first-order chi connectivity index (χ1) is 50.2. The van der Waals surface area contributed by atoms with Gasteiger partial charge in [0.2, 0.25) is 0 Å². The lowest BCUT2D eigenvalue weighted by Gasteiger charge is -2.21. The zero-order valence-electron chi connectivity index (χ0n) is 63.9. The molecule has 103 heavy (non-hydrogen) atoms. The summed E-state index contributed by atoms with van der Waals surface area (Å²) in [4.78, 5) is 58.7. The smallest absolute Gasteiger partial charge is 0.463 e. The van der Waals surface area contributed by atoms with Gasteiger partial charge in [0.05, 0.1) is 26.4 Å². The number of carbonyl (C=O) groups excluding carboxylic acids is 3. The molecule has 0 bridgehead atoms. The fourth-order valence-corrected chi connectivity index (χ4v) is 11.6. The standard InChI is InChI=1S/C85H140O16P2/c1-4-7-10-13-16-19-22-25-28-31-33-35-37-38-39-40-42-44-45-48-50-53-56-59-62-65-68-71-83(88)95-74-80(86)75-97-102(91,92)98-76-81(87)77-99-103(93,94)100-79-82(101-85(90)73-70-67-64-61-58-55-52-47-30-27-24-21-18-15-12-9-6-3)78-96-84(89)72-69-66-63-60-57-54-51-49-46-43-41-36-34-32-29-26-23-20-17-14-11-8-5-2/h8-9,11-12,16-21,25-30,33-36,38-39,43,46,52,55,61,64,80-82,86-87H,4-7,10,13-15,22-24,31-32,37,40-42,44-45,47-51,53-54,56-60,62-63,65-79H2,1-3H3,(H,91,92)(H,93,94)/b11-8-,12-9-,19-16-,20-17-,21-18-,28-25-,29-26-,30-27-,35-33-,36-34-,39-38-,46-43-,55-52-,64-61-. The summed E-state index contributed by atoms with van der Waals surface area (Å²) in [6.07, 6.45) is 96.9. The van der Waals surface area contributed by atoms with Crippen molar-refractivity contribution in [3.63, 3.8) is 0 Å². The number of rotatable bonds is 73. The number of hydrogen-bond donors (Lipinski definition) is 4. The lowest BCUT2D eigenvalue weighted by molar-refractivity contribution is -0.161. The Labute approximate surface area is 624 Å². The summed E-state index contributed by atoms with van der Waals surface area (Å²) in [5.41, 5.74) is 0. The molecular weight excluding hydrogens is 1340 g/mol. The van der Waals surface area contributed by atoms with Crippen LogP contribution in [-0.2, 0) is 55.8 Å². The highest BCUT2D eigenvalue weighted by Crippen LogP contribution is 2.45. The number of aliphatic hydroxyl groups excluding tert-OH is 2. The molecular formula is C85H140O16P2. The molecule has 586 valence electrons. The normalized spacial score (nSPS) is 14.9. The first-order valence-corrected chi connectivity index (χ1v) is 42.4. The molecule has 0 aromatic rings. The molecule has 0 aromatic heterocycles. The maximum atomic E-state index is 13.0. The van der Waals surface area contributed by atoms with Gasteiger partial charge in [-0.1, -0.05) is 294 Å². The van der Waals surface area contributed by atoms with Gasteiger partial charge in [0.1, 0.15) is 25.4 Å². The number of phosphoric ester groups is 2. The average molecular weight is 1480 g/mol. The molecule has 0 saturated carbocycles. The Morgan fingerprint density at radius 1 is 0.282 bits per heavy atom. The summed E-state index contributed by atoms with van der Waals surface area (Å²) in [6.45, 7) is 2.33. The Bertz CT molecular complexity index is 2550. The van der Waals surface area contributed by atoms with Crippen molar-refractivity contribution >= 4 is 33.6 Å². The molecule has 4 N–H and O–H groups in total. The van der Waals surface area contributed by atoms with Crippen LogP contribution in [0.4, 0.5) is 0 Å². The topological polar surface area (TPSA) is 231 Å². The quantitative estimate of drug-likeness (QED) is 0.0146. The first kappa shape index (κ1) is 97.9. The fraction of sp³-hybridized carbons (Fsp3) is 0.635. The molecule has 0 heterocycles. The van der Waals surface area contributed by atoms with Gasteiger partial charge in [0.25, 0.3) is 0 Å². The number of phosphoric acid groups is 2. The lowest BCUT2D eigenvalue weighted by Crippen LogP contribution is -2.30. The summed E-state index contributed by atoms with van der Waals surface area (Å²) in [5.74, 6) is -1.67. The van der Waals surface area contributed by atoms with E-state index in [0.29, 0.717) is 25.7 Å². The minimum Gasteiger partial charge on any atom is -0.463 e. The van der Waals surface area contributed by atoms with Crippen LogP contribution in [0.25, 0.3) is 0 Å². The second-order valence-corrected chi connectivity index (χ2v) is 28.7. The van der Waals surface area contributed by atoms with E-state index in [-0.39, 0.29) is 19.3 Å². The Kier molecular flexibility index (Phi) is 72.8. The van der Waals surface area contributed by atoms with Crippen LogP contribution >= 0.6 is 15.6 Å². The molecule has 0 fully saturated rings. The van der Waals surface area contributed by atoms with Crippen molar-refractivity contribution < 1.29 is 75.8 Å². The van der Waals surface area contributed by atoms with Gasteiger partial charge >= 0.3 is 33.6 Å². The van der Waals surface area contributed by atoms with Gasteiger partial charge < -0.3 is 34.2 Å². The van der Waals surface area contributed by atoms with E-state index in [2.05, 4.69) is 179 Å². The van der Waals surface area contributed by atoms with Crippen molar-refractivity contribution in [2.24, 2.45) is 0 Å². The van der Waals surface area contributed by atoms with Gasteiger partial charge in [-0.15, -0.1) is 0 Å². The van der Waals surface area contributed by atoms with Gasteiger partial charge in [-0.3, -0.25) is 32.5 Å². The zero-order chi connectivity index (χ0) is 75.2. The molecule has 16 nitrogen and oxygen atoms in total. The van der Waals surface area contributed by atoms with Gasteiger partial charge in [0, 0.05) is 19.3 Å². The number of unbranched alkanes of at least 4 members (excludes halogenated alkanes) is 22. The van der Waals surface area contributed by atoms with Crippen molar-refractivity contribution in [1.82, 2.24) is 0 Å². The molecule has 18 heteroatoms. The second kappa shape index (κ2) is 76.6. The predicted octanol–water partition coefficient (Wildman–Crippen LogP) is 23.2. The molecule has 0 amide bonds. The van der Waals surface area contributed by atoms with Gasteiger partial charge in [-0.2, -0.15) is 0 Å². The van der Waals surface area contributed by atoms with Gasteiger partial charge in [0.15, 0.2) is 6.10 Å². The Hall–Kier alpha value is -5.09. The van der Waals surface area contributed by atoms with Crippen LogP contribution in [0.1, 0.15) is 290 Å². The molecule has 5 atom stereocenters. The Morgan fingerprint density at radius 2 is 0.524 bits per heavy atom. The minimum atomic E-state index is -4.96. The minimum absolute atomic E-state index is 0.0172. The number of esters is 3. The SMILES string of the molecule is CC/C=C\C/C=C\C/C=C\C/C=C\C/C=C\CCCCCCCCCC(=O)OCC(COP(=O)(O)OCC(O)COP(=O)(O)OCC(O)COC(=O)CCCCCCCCCCCCC/C=C\C/C=C\C/C=C\C/C=C\CCCCC)OC(=O)CCC/C=C\C/C=C\C/C=C\C/C=C\C/C=C\CC. The van der Waals surface area contributed by atoms with E-state index in [1.54, 1.807) is 0 Å². The number of hydrogen-bond acceptors (Lipinski definition) is 14. The van der Waals surface area contributed by atoms with Crippen molar-refractivity contribution in [3.05, 3.63) is 170 Å². The lowest BCUT2D eigenvalue weighted by atomic mass is 10.0. The highest BCUT2D eigenvalue weighted by Gasteiger charge is 2.29. The Morgan fingerprint density at radius 3 is 0.845 bits per heavy atom. The van der Waals surface area contributed by atoms with E-state index in [1.165, 1.54) is 70.6 Å². The van der Waals surface area contributed by atoms with Gasteiger partial charge in [-0.25, -0.2) is 9.13 Å². The third-order valence-corrected chi connectivity index (χ3v) is 17.8. The summed E-state index contributed by atoms with van der Waals surface area (Å²) in [5, 5.41) is 20.6. The largest absolute Gasteiger partial charge is 0.472 e. The van der Waals surface area contributed by atoms with Crippen LogP contribution in [-0.4, -0.2) is 95.9 Å². The van der Waals surface area contributed by atoms with E-state index in [1.807, 2.05) is 12.2 Å². The highest BCUT2D eigenvalue weighted by atomic mass is 31.2. The monoisotopic (exact) mass is 1480 g/mol. The van der Waals surface area contributed by atoms with E-state index >= 15 is 0 Å². The number of carbonyl (C=O) groups is 3. The fourth-order valence-electron chi connectivity index (χ4n) is 9.97. The zero-order valence-corrected chi connectivity index (χ0v) is 65.7. The van der Waals surface area contributed by atoms with Crippen molar-refractivity contribution in [3.8, 4) is 0 Å². The first-order valence-electron chi connectivity index (χ1n) is 39.4. The van der Waals surface area contributed by atoms with E-state index in [4.69, 9.17) is 32.3 Å². The third kappa shape index (κ3) is 77.8. The average Bonchev–Trinajstić information content (AvgIpc) is 0.918. The molecule has 0 aliphatic rings.